The summed E-state index contributed by atoms with van der Waals surface area (Å²) in [5.41, 5.74) is 4.26. The highest BCUT2D eigenvalue weighted by atomic mass is 32.2. The van der Waals surface area contributed by atoms with Crippen LogP contribution in [0, 0.1) is 11.6 Å². The maximum Gasteiger partial charge on any atom is 0.255 e. The summed E-state index contributed by atoms with van der Waals surface area (Å²) in [6.07, 6.45) is 2.64. The number of furan rings is 1. The van der Waals surface area contributed by atoms with E-state index in [-0.39, 0.29) is 40.4 Å². The molecule has 0 radical (unpaired) electrons. The molecule has 13 heteroatoms. The number of benzene rings is 4. The average Bonchev–Trinajstić information content (AvgIpc) is 3.68. The van der Waals surface area contributed by atoms with E-state index in [1.165, 1.54) is 44.3 Å². The molecule has 0 atom stereocenters. The molecule has 3 N–H and O–H groups in total. The van der Waals surface area contributed by atoms with E-state index in [0.29, 0.717) is 51.9 Å². The summed E-state index contributed by atoms with van der Waals surface area (Å²) in [6, 6.07) is 19.3. The van der Waals surface area contributed by atoms with Gasteiger partial charge in [-0.15, -0.1) is 0 Å². The van der Waals surface area contributed by atoms with Gasteiger partial charge in [0.15, 0.2) is 19.8 Å². The first-order chi connectivity index (χ1) is 22.7. The van der Waals surface area contributed by atoms with Crippen molar-refractivity contribution in [1.29, 1.82) is 0 Å². The van der Waals surface area contributed by atoms with Gasteiger partial charge in [0, 0.05) is 48.6 Å². The molecule has 242 valence electrons. The molecular weight excluding hydrogens is 647 g/mol. The van der Waals surface area contributed by atoms with Crippen LogP contribution >= 0.6 is 20.3 Å². The Morgan fingerprint density at radius 3 is 2.45 bits per heavy atom. The number of ether oxygens (including phenoxy) is 1. The van der Waals surface area contributed by atoms with Crippen molar-refractivity contribution in [3.8, 4) is 39.7 Å². The second kappa shape index (κ2) is 13.7. The SMILES string of the molecule is CNC(=O)c1c(-c2ccc(F)cc2)oc2cc(N(CCCP(O)O)SC)c(-c3ccc(OC)c(-c4nc5c(F)cccc5o4)c3)cc12. The molecule has 0 saturated carbocycles. The summed E-state index contributed by atoms with van der Waals surface area (Å²) in [4.78, 5) is 36.8. The Morgan fingerprint density at radius 1 is 1.00 bits per heavy atom. The molecule has 2 heterocycles. The predicted molar refractivity (Wildman–Crippen MR) is 182 cm³/mol. The van der Waals surface area contributed by atoms with Gasteiger partial charge in [0.2, 0.25) is 5.89 Å². The molecule has 9 nitrogen and oxygen atoms in total. The fourth-order valence-electron chi connectivity index (χ4n) is 5.46. The van der Waals surface area contributed by atoms with Gasteiger partial charge in [-0.3, -0.25) is 4.79 Å². The van der Waals surface area contributed by atoms with Gasteiger partial charge in [0.25, 0.3) is 5.91 Å². The van der Waals surface area contributed by atoms with E-state index in [1.54, 1.807) is 30.3 Å². The van der Waals surface area contributed by atoms with Crippen LogP contribution in [0.3, 0.4) is 0 Å². The number of anilines is 1. The lowest BCUT2D eigenvalue weighted by Crippen LogP contribution is -2.18. The number of hydrogen-bond donors (Lipinski definition) is 3. The summed E-state index contributed by atoms with van der Waals surface area (Å²) >= 11 is 1.44. The number of oxazole rings is 1. The smallest absolute Gasteiger partial charge is 0.255 e. The number of aromatic nitrogens is 1. The first-order valence-electron chi connectivity index (χ1n) is 14.5. The zero-order chi connectivity index (χ0) is 33.2. The normalized spacial score (nSPS) is 11.5. The first kappa shape index (κ1) is 32.5. The van der Waals surface area contributed by atoms with Gasteiger partial charge in [0.1, 0.15) is 28.4 Å². The van der Waals surface area contributed by atoms with Crippen LogP contribution in [0.5, 0.6) is 5.75 Å². The van der Waals surface area contributed by atoms with Crippen LogP contribution in [-0.2, 0) is 0 Å². The predicted octanol–water partition coefficient (Wildman–Crippen LogP) is 7.99. The summed E-state index contributed by atoms with van der Waals surface area (Å²) < 4.78 is 48.3. The summed E-state index contributed by atoms with van der Waals surface area (Å²) in [6.45, 7) is 0.473. The molecule has 0 bridgehead atoms. The van der Waals surface area contributed by atoms with Crippen molar-refractivity contribution in [2.45, 2.75) is 6.42 Å². The fraction of sp³-hybridized carbons (Fsp3) is 0.176. The van der Waals surface area contributed by atoms with Crippen LogP contribution in [0.25, 0.3) is 56.0 Å². The Labute approximate surface area is 274 Å². The maximum atomic E-state index is 14.5. The second-order valence-corrected chi connectivity index (χ2v) is 12.5. The molecule has 6 rings (SSSR count). The van der Waals surface area contributed by atoms with E-state index in [2.05, 4.69) is 10.3 Å². The van der Waals surface area contributed by atoms with Gasteiger partial charge in [-0.25, -0.2) is 13.8 Å². The number of nitrogens with one attached hydrogen (secondary N) is 1. The van der Waals surface area contributed by atoms with Gasteiger partial charge in [-0.05, 0) is 66.6 Å². The molecule has 1 amide bonds. The average molecular weight is 678 g/mol. The lowest BCUT2D eigenvalue weighted by Gasteiger charge is -2.25. The number of para-hydroxylation sites is 1. The maximum absolute atomic E-state index is 14.5. The number of carbonyl (C=O) groups is 1. The monoisotopic (exact) mass is 677 g/mol. The van der Waals surface area contributed by atoms with Crippen molar-refractivity contribution < 1.29 is 36.9 Å². The number of rotatable bonds is 11. The molecule has 0 aliphatic heterocycles. The zero-order valence-electron chi connectivity index (χ0n) is 25.6. The second-order valence-electron chi connectivity index (χ2n) is 10.5. The Bertz CT molecular complexity index is 2080. The molecule has 6 aromatic rings. The standard InChI is InChI=1S/C34H30F2N3O6PS/c1-37-33(40)30-23-17-22(20-10-13-27(43-2)24(16-20)34-38-31-25(36)6-4-7-28(31)45-34)26(39(47-3)14-5-15-46(41)42)18-29(23)44-32(30)19-8-11-21(35)12-9-19/h4,6-13,16-18,41-42H,5,14-15H2,1-3H3,(H,37,40). The van der Waals surface area contributed by atoms with Crippen LogP contribution in [0.15, 0.2) is 81.6 Å². The highest BCUT2D eigenvalue weighted by Gasteiger charge is 2.26. The Hall–Kier alpha value is -4.48. The summed E-state index contributed by atoms with van der Waals surface area (Å²) in [7, 11) is 0.988. The highest BCUT2D eigenvalue weighted by molar-refractivity contribution is 8.00. The third-order valence-corrected chi connectivity index (χ3v) is 9.22. The van der Waals surface area contributed by atoms with E-state index in [1.807, 2.05) is 34.8 Å². The number of hydrogen-bond acceptors (Lipinski definition) is 9. The van der Waals surface area contributed by atoms with Crippen LogP contribution < -0.4 is 14.4 Å². The van der Waals surface area contributed by atoms with Crippen molar-refractivity contribution >= 4 is 54.0 Å². The van der Waals surface area contributed by atoms with Crippen LogP contribution in [0.4, 0.5) is 14.5 Å². The number of halogens is 2. The largest absolute Gasteiger partial charge is 0.496 e. The quantitative estimate of drug-likeness (QED) is 0.0926. The van der Waals surface area contributed by atoms with E-state index in [4.69, 9.17) is 13.6 Å². The molecule has 4 aromatic carbocycles. The minimum Gasteiger partial charge on any atom is -0.496 e. The number of carbonyl (C=O) groups excluding carboxylic acids is 1. The van der Waals surface area contributed by atoms with Crippen molar-refractivity contribution in [3.05, 3.63) is 90.0 Å². The number of nitrogens with zero attached hydrogens (tertiary/aromatic N) is 2. The lowest BCUT2D eigenvalue weighted by molar-refractivity contribution is 0.0964. The van der Waals surface area contributed by atoms with Crippen molar-refractivity contribution in [3.63, 3.8) is 0 Å². The zero-order valence-corrected chi connectivity index (χ0v) is 27.3. The summed E-state index contributed by atoms with van der Waals surface area (Å²) in [5.74, 6) is -0.403. The van der Waals surface area contributed by atoms with Gasteiger partial charge in [-0.2, -0.15) is 0 Å². The number of methoxy groups -OCH3 is 1. The lowest BCUT2D eigenvalue weighted by atomic mass is 9.96. The van der Waals surface area contributed by atoms with Crippen molar-refractivity contribution in [1.82, 2.24) is 10.3 Å². The van der Waals surface area contributed by atoms with Crippen LogP contribution in [0.2, 0.25) is 0 Å². The third-order valence-electron chi connectivity index (χ3n) is 7.69. The Morgan fingerprint density at radius 2 is 1.77 bits per heavy atom. The van der Waals surface area contributed by atoms with E-state index < -0.39 is 20.0 Å². The highest BCUT2D eigenvalue weighted by Crippen LogP contribution is 2.44. The van der Waals surface area contributed by atoms with Gasteiger partial charge in [0.05, 0.1) is 23.9 Å². The molecule has 0 saturated heterocycles. The molecular formula is C34H30F2N3O6PS. The molecule has 2 aromatic heterocycles. The minimum absolute atomic E-state index is 0.0975. The number of fused-ring (bicyclic) bond motifs is 2. The first-order valence-corrected chi connectivity index (χ1v) is 17.1. The molecule has 0 fully saturated rings. The van der Waals surface area contributed by atoms with Crippen molar-refractivity contribution in [2.24, 2.45) is 0 Å². The molecule has 0 unspecified atom stereocenters. The van der Waals surface area contributed by atoms with Gasteiger partial charge >= 0.3 is 0 Å². The van der Waals surface area contributed by atoms with Crippen LogP contribution in [0.1, 0.15) is 16.8 Å². The Balaban J connectivity index is 1.59. The molecule has 0 spiro atoms. The topological polar surface area (TPSA) is 121 Å². The fourth-order valence-corrected chi connectivity index (χ4v) is 6.55. The molecule has 0 aliphatic carbocycles. The van der Waals surface area contributed by atoms with Gasteiger partial charge < -0.3 is 33.0 Å². The minimum atomic E-state index is -2.05. The molecule has 0 aliphatic rings. The van der Waals surface area contributed by atoms with E-state index in [9.17, 15) is 23.4 Å². The Kier molecular flexibility index (Phi) is 9.47. The molecule has 47 heavy (non-hydrogen) atoms. The van der Waals surface area contributed by atoms with Crippen LogP contribution in [-0.4, -0.2) is 53.8 Å². The summed E-state index contributed by atoms with van der Waals surface area (Å²) in [5, 5.41) is 3.22. The van der Waals surface area contributed by atoms with E-state index >= 15 is 0 Å². The van der Waals surface area contributed by atoms with E-state index in [0.717, 1.165) is 5.69 Å². The number of amides is 1. The third kappa shape index (κ3) is 6.42. The van der Waals surface area contributed by atoms with Gasteiger partial charge in [-0.1, -0.05) is 24.1 Å². The van der Waals surface area contributed by atoms with Crippen molar-refractivity contribution in [2.75, 3.05) is 37.4 Å².